The van der Waals surface area contributed by atoms with Crippen LogP contribution in [0.4, 0.5) is 0 Å². The lowest BCUT2D eigenvalue weighted by molar-refractivity contribution is -0.146. The van der Waals surface area contributed by atoms with Crippen LogP contribution in [0.3, 0.4) is 0 Å². The Morgan fingerprint density at radius 3 is 1.70 bits per heavy atom. The van der Waals surface area contributed by atoms with Crippen molar-refractivity contribution in [2.24, 2.45) is 0 Å². The second-order valence-corrected chi connectivity index (χ2v) is 6.58. The summed E-state index contributed by atoms with van der Waals surface area (Å²) in [6.45, 7) is 2.26. The third-order valence-electron chi connectivity index (χ3n) is 4.27. The predicted molar refractivity (Wildman–Crippen MR) is 97.7 cm³/mol. The number of carboxylic acid groups (broad SMARTS) is 1. The van der Waals surface area contributed by atoms with Crippen LogP contribution >= 0.6 is 0 Å². The normalized spacial score (nSPS) is 12.8. The van der Waals surface area contributed by atoms with Gasteiger partial charge in [0.15, 0.2) is 6.10 Å². The minimum absolute atomic E-state index is 0.379. The van der Waals surface area contributed by atoms with Gasteiger partial charge in [-0.15, -0.1) is 0 Å². The molecule has 1 atom stereocenters. The lowest BCUT2D eigenvalue weighted by atomic mass is 10.1. The largest absolute Gasteiger partial charge is 0.479 e. The average molecular weight is 327 g/mol. The summed E-state index contributed by atoms with van der Waals surface area (Å²) in [5, 5.41) is 17.7. The SMILES string of the molecule is CCCCCCCCCC/C=C\CCCCCCC(O)C(=O)O. The van der Waals surface area contributed by atoms with Gasteiger partial charge in [0.25, 0.3) is 0 Å². The molecule has 1 unspecified atom stereocenters. The highest BCUT2D eigenvalue weighted by Gasteiger charge is 2.11. The van der Waals surface area contributed by atoms with Crippen LogP contribution in [0.5, 0.6) is 0 Å². The molecule has 0 radical (unpaired) electrons. The van der Waals surface area contributed by atoms with Gasteiger partial charge in [-0.05, 0) is 32.1 Å². The summed E-state index contributed by atoms with van der Waals surface area (Å²) in [6, 6.07) is 0. The summed E-state index contributed by atoms with van der Waals surface area (Å²) >= 11 is 0. The Morgan fingerprint density at radius 2 is 1.22 bits per heavy atom. The van der Waals surface area contributed by atoms with Crippen LogP contribution < -0.4 is 0 Å². The van der Waals surface area contributed by atoms with Gasteiger partial charge in [-0.25, -0.2) is 4.79 Å². The second-order valence-electron chi connectivity index (χ2n) is 6.58. The van der Waals surface area contributed by atoms with Crippen molar-refractivity contribution in [3.8, 4) is 0 Å². The Balaban J connectivity index is 3.16. The van der Waals surface area contributed by atoms with Gasteiger partial charge in [0.2, 0.25) is 0 Å². The quantitative estimate of drug-likeness (QED) is 0.260. The summed E-state index contributed by atoms with van der Waals surface area (Å²) in [6.07, 6.45) is 21.2. The van der Waals surface area contributed by atoms with E-state index in [-0.39, 0.29) is 0 Å². The minimum Gasteiger partial charge on any atom is -0.479 e. The first-order valence-electron chi connectivity index (χ1n) is 9.74. The number of unbranched alkanes of at least 4 members (excludes halogenated alkanes) is 12. The molecule has 0 spiro atoms. The van der Waals surface area contributed by atoms with E-state index in [9.17, 15) is 4.79 Å². The number of hydrogen-bond acceptors (Lipinski definition) is 2. The van der Waals surface area contributed by atoms with Gasteiger partial charge in [0.05, 0.1) is 0 Å². The highest BCUT2D eigenvalue weighted by Crippen LogP contribution is 2.11. The van der Waals surface area contributed by atoms with Crippen molar-refractivity contribution in [1.82, 2.24) is 0 Å². The summed E-state index contributed by atoms with van der Waals surface area (Å²) < 4.78 is 0. The fourth-order valence-electron chi connectivity index (χ4n) is 2.71. The van der Waals surface area contributed by atoms with Crippen molar-refractivity contribution in [1.29, 1.82) is 0 Å². The van der Waals surface area contributed by atoms with Crippen LogP contribution in [-0.4, -0.2) is 22.3 Å². The lowest BCUT2D eigenvalue weighted by Crippen LogP contribution is -2.18. The maximum Gasteiger partial charge on any atom is 0.332 e. The Morgan fingerprint density at radius 1 is 0.783 bits per heavy atom. The maximum absolute atomic E-state index is 10.4. The molecular weight excluding hydrogens is 288 g/mol. The Kier molecular flexibility index (Phi) is 16.9. The maximum atomic E-state index is 10.4. The molecule has 0 aliphatic rings. The highest BCUT2D eigenvalue weighted by molar-refractivity contribution is 5.71. The molecule has 0 saturated heterocycles. The van der Waals surface area contributed by atoms with Gasteiger partial charge in [-0.1, -0.05) is 83.3 Å². The molecule has 0 aromatic heterocycles. The first-order chi connectivity index (χ1) is 11.2. The van der Waals surface area contributed by atoms with Crippen LogP contribution in [0, 0.1) is 0 Å². The van der Waals surface area contributed by atoms with E-state index in [0.29, 0.717) is 6.42 Å². The first-order valence-corrected chi connectivity index (χ1v) is 9.74. The monoisotopic (exact) mass is 326 g/mol. The Labute approximate surface area is 143 Å². The molecule has 23 heavy (non-hydrogen) atoms. The van der Waals surface area contributed by atoms with Crippen molar-refractivity contribution in [3.05, 3.63) is 12.2 Å². The molecule has 0 bridgehead atoms. The van der Waals surface area contributed by atoms with E-state index in [4.69, 9.17) is 10.2 Å². The number of aliphatic carboxylic acids is 1. The number of rotatable bonds is 17. The van der Waals surface area contributed by atoms with E-state index in [1.54, 1.807) is 0 Å². The Hall–Kier alpha value is -0.830. The summed E-state index contributed by atoms with van der Waals surface area (Å²) in [5.41, 5.74) is 0. The molecule has 0 aromatic carbocycles. The van der Waals surface area contributed by atoms with Gasteiger partial charge in [0, 0.05) is 0 Å². The van der Waals surface area contributed by atoms with Crippen LogP contribution in [0.15, 0.2) is 12.2 Å². The summed E-state index contributed by atoms with van der Waals surface area (Å²) in [4.78, 5) is 10.4. The number of aliphatic hydroxyl groups excluding tert-OH is 1. The molecule has 136 valence electrons. The topological polar surface area (TPSA) is 57.5 Å². The second kappa shape index (κ2) is 17.5. The van der Waals surface area contributed by atoms with Gasteiger partial charge >= 0.3 is 5.97 Å². The molecule has 0 aliphatic heterocycles. The van der Waals surface area contributed by atoms with Crippen LogP contribution in [-0.2, 0) is 4.79 Å². The molecule has 0 aliphatic carbocycles. The molecule has 0 saturated carbocycles. The van der Waals surface area contributed by atoms with Crippen molar-refractivity contribution in [2.45, 2.75) is 109 Å². The van der Waals surface area contributed by atoms with Crippen LogP contribution in [0.1, 0.15) is 103 Å². The molecule has 3 heteroatoms. The zero-order valence-electron chi connectivity index (χ0n) is 15.1. The molecule has 0 rings (SSSR count). The smallest absolute Gasteiger partial charge is 0.332 e. The van der Waals surface area contributed by atoms with Crippen molar-refractivity contribution >= 4 is 5.97 Å². The van der Waals surface area contributed by atoms with E-state index >= 15 is 0 Å². The number of carboxylic acids is 1. The molecular formula is C20H38O3. The molecule has 0 heterocycles. The Bertz CT molecular complexity index is 287. The van der Waals surface area contributed by atoms with Crippen LogP contribution in [0.25, 0.3) is 0 Å². The van der Waals surface area contributed by atoms with Gasteiger partial charge in [-0.2, -0.15) is 0 Å². The fourth-order valence-corrected chi connectivity index (χ4v) is 2.71. The molecule has 3 nitrogen and oxygen atoms in total. The number of carbonyl (C=O) groups is 1. The third-order valence-corrected chi connectivity index (χ3v) is 4.27. The van der Waals surface area contributed by atoms with Gasteiger partial charge < -0.3 is 10.2 Å². The number of allylic oxidation sites excluding steroid dienone is 2. The first kappa shape index (κ1) is 22.2. The zero-order chi connectivity index (χ0) is 17.2. The molecule has 0 amide bonds. The van der Waals surface area contributed by atoms with Crippen LogP contribution in [0.2, 0.25) is 0 Å². The fraction of sp³-hybridized carbons (Fsp3) is 0.850. The highest BCUT2D eigenvalue weighted by atomic mass is 16.4. The minimum atomic E-state index is -1.18. The summed E-state index contributed by atoms with van der Waals surface area (Å²) in [5.74, 6) is -1.10. The average Bonchev–Trinajstić information content (AvgIpc) is 2.54. The van der Waals surface area contributed by atoms with E-state index in [0.717, 1.165) is 32.1 Å². The summed E-state index contributed by atoms with van der Waals surface area (Å²) in [7, 11) is 0. The van der Waals surface area contributed by atoms with E-state index in [1.807, 2.05) is 0 Å². The third kappa shape index (κ3) is 17.4. The van der Waals surface area contributed by atoms with E-state index < -0.39 is 12.1 Å². The number of aliphatic hydroxyl groups is 1. The van der Waals surface area contributed by atoms with E-state index in [1.165, 1.54) is 57.8 Å². The van der Waals surface area contributed by atoms with E-state index in [2.05, 4.69) is 19.1 Å². The predicted octanol–water partition coefficient (Wildman–Crippen LogP) is 5.86. The van der Waals surface area contributed by atoms with Crippen molar-refractivity contribution < 1.29 is 15.0 Å². The van der Waals surface area contributed by atoms with Gasteiger partial charge in [-0.3, -0.25) is 0 Å². The lowest BCUT2D eigenvalue weighted by Gasteiger charge is -2.04. The standard InChI is InChI=1S/C20H38O3/c1-2-3-4-5-6-7-8-9-10-11-12-13-14-15-16-17-18-19(21)20(22)23/h11-12,19,21H,2-10,13-18H2,1H3,(H,22,23)/b12-11-. The number of hydrogen-bond donors (Lipinski definition) is 2. The van der Waals surface area contributed by atoms with Gasteiger partial charge in [0.1, 0.15) is 0 Å². The molecule has 2 N–H and O–H groups in total. The molecule has 0 fully saturated rings. The van der Waals surface area contributed by atoms with Crippen molar-refractivity contribution in [3.63, 3.8) is 0 Å². The van der Waals surface area contributed by atoms with Crippen molar-refractivity contribution in [2.75, 3.05) is 0 Å². The zero-order valence-corrected chi connectivity index (χ0v) is 15.1. The molecule has 0 aromatic rings.